The molecular formula is C20H20ClNO3S. The van der Waals surface area contributed by atoms with Crippen LogP contribution >= 0.6 is 23.4 Å². The first-order valence-electron chi connectivity index (χ1n) is 8.51. The van der Waals surface area contributed by atoms with E-state index in [9.17, 15) is 9.59 Å². The van der Waals surface area contributed by atoms with E-state index in [0.29, 0.717) is 11.6 Å². The highest BCUT2D eigenvalue weighted by Crippen LogP contribution is 2.27. The minimum Gasteiger partial charge on any atom is -0.455 e. The molecule has 6 heteroatoms. The van der Waals surface area contributed by atoms with Crippen LogP contribution in [0.3, 0.4) is 0 Å². The molecular weight excluding hydrogens is 370 g/mol. The first kappa shape index (κ1) is 18.8. The van der Waals surface area contributed by atoms with Crippen molar-refractivity contribution in [2.45, 2.75) is 30.7 Å². The number of hydrogen-bond donors (Lipinski definition) is 1. The van der Waals surface area contributed by atoms with Crippen molar-refractivity contribution in [3.63, 3.8) is 0 Å². The smallest absolute Gasteiger partial charge is 0.316 e. The quantitative estimate of drug-likeness (QED) is 0.578. The lowest BCUT2D eigenvalue weighted by Gasteiger charge is -2.07. The Labute approximate surface area is 162 Å². The standard InChI is InChI=1S/C20H20ClNO3S/c21-17-7-4-14(5-8-17)11-22-19(23)12-25-20(24)13-26-18-9-6-15-2-1-3-16(15)10-18/h4-10H,1-3,11-13H2,(H,22,23). The number of rotatable bonds is 7. The number of nitrogens with one attached hydrogen (secondary N) is 1. The number of amides is 1. The van der Waals surface area contributed by atoms with Crippen LogP contribution in [0.5, 0.6) is 0 Å². The molecule has 0 aliphatic heterocycles. The minimum atomic E-state index is -0.392. The fourth-order valence-corrected chi connectivity index (χ4v) is 3.71. The number of hydrogen-bond acceptors (Lipinski definition) is 4. The van der Waals surface area contributed by atoms with Gasteiger partial charge in [-0.05, 0) is 60.2 Å². The molecule has 0 fully saturated rings. The zero-order chi connectivity index (χ0) is 18.4. The van der Waals surface area contributed by atoms with Gasteiger partial charge in [-0.2, -0.15) is 0 Å². The Morgan fingerprint density at radius 1 is 1.08 bits per heavy atom. The Morgan fingerprint density at radius 3 is 2.65 bits per heavy atom. The molecule has 0 spiro atoms. The van der Waals surface area contributed by atoms with Gasteiger partial charge in [-0.3, -0.25) is 9.59 Å². The summed E-state index contributed by atoms with van der Waals surface area (Å²) in [6, 6.07) is 13.5. The van der Waals surface area contributed by atoms with Crippen LogP contribution in [-0.2, 0) is 33.7 Å². The van der Waals surface area contributed by atoms with E-state index < -0.39 is 5.97 Å². The summed E-state index contributed by atoms with van der Waals surface area (Å²) in [5.41, 5.74) is 3.72. The number of halogens is 1. The second kappa shape index (κ2) is 9.10. The van der Waals surface area contributed by atoms with E-state index in [1.54, 1.807) is 12.1 Å². The average Bonchev–Trinajstić information content (AvgIpc) is 3.12. The summed E-state index contributed by atoms with van der Waals surface area (Å²) in [6.45, 7) is 0.106. The molecule has 3 rings (SSSR count). The molecule has 0 aromatic heterocycles. The van der Waals surface area contributed by atoms with Crippen LogP contribution in [0.1, 0.15) is 23.1 Å². The number of carbonyl (C=O) groups is 2. The summed E-state index contributed by atoms with van der Waals surface area (Å²) < 4.78 is 5.03. The Kier molecular flexibility index (Phi) is 6.58. The van der Waals surface area contributed by atoms with Crippen molar-refractivity contribution in [1.82, 2.24) is 5.32 Å². The molecule has 0 unspecified atom stereocenters. The molecule has 1 amide bonds. The van der Waals surface area contributed by atoms with Gasteiger partial charge < -0.3 is 10.1 Å². The van der Waals surface area contributed by atoms with E-state index in [2.05, 4.69) is 17.4 Å². The summed E-state index contributed by atoms with van der Waals surface area (Å²) in [5, 5.41) is 3.36. The number of ether oxygens (including phenoxy) is 1. The van der Waals surface area contributed by atoms with Crippen molar-refractivity contribution >= 4 is 35.2 Å². The van der Waals surface area contributed by atoms with E-state index in [4.69, 9.17) is 16.3 Å². The monoisotopic (exact) mass is 389 g/mol. The summed E-state index contributed by atoms with van der Waals surface area (Å²) in [4.78, 5) is 24.7. The number of thioether (sulfide) groups is 1. The fourth-order valence-electron chi connectivity index (χ4n) is 2.82. The van der Waals surface area contributed by atoms with Gasteiger partial charge in [-0.15, -0.1) is 11.8 Å². The third-order valence-corrected chi connectivity index (χ3v) is 5.41. The van der Waals surface area contributed by atoms with Crippen molar-refractivity contribution in [2.24, 2.45) is 0 Å². The van der Waals surface area contributed by atoms with E-state index in [1.165, 1.54) is 29.3 Å². The molecule has 0 saturated carbocycles. The molecule has 0 radical (unpaired) electrons. The summed E-state index contributed by atoms with van der Waals surface area (Å²) in [5.74, 6) is -0.517. The van der Waals surface area contributed by atoms with E-state index in [1.807, 2.05) is 18.2 Å². The van der Waals surface area contributed by atoms with E-state index in [0.717, 1.165) is 23.3 Å². The molecule has 0 heterocycles. The van der Waals surface area contributed by atoms with Crippen molar-refractivity contribution in [3.05, 3.63) is 64.2 Å². The minimum absolute atomic E-state index is 0.198. The number of aryl methyl sites for hydroxylation is 2. The second-order valence-electron chi connectivity index (χ2n) is 6.14. The number of carbonyl (C=O) groups excluding carboxylic acids is 2. The molecule has 0 bridgehead atoms. The molecule has 2 aromatic carbocycles. The van der Waals surface area contributed by atoms with Gasteiger partial charge in [0.2, 0.25) is 0 Å². The van der Waals surface area contributed by atoms with Gasteiger partial charge >= 0.3 is 5.97 Å². The van der Waals surface area contributed by atoms with Crippen molar-refractivity contribution in [3.8, 4) is 0 Å². The maximum absolute atomic E-state index is 11.8. The van der Waals surface area contributed by atoms with Gasteiger partial charge in [0.1, 0.15) is 0 Å². The van der Waals surface area contributed by atoms with Gasteiger partial charge in [-0.1, -0.05) is 29.8 Å². The summed E-state index contributed by atoms with van der Waals surface area (Å²) in [6.07, 6.45) is 3.46. The number of fused-ring (bicyclic) bond motifs is 1. The van der Waals surface area contributed by atoms with Gasteiger partial charge in [0.25, 0.3) is 5.91 Å². The van der Waals surface area contributed by atoms with Crippen LogP contribution < -0.4 is 5.32 Å². The lowest BCUT2D eigenvalue weighted by atomic mass is 10.1. The first-order valence-corrected chi connectivity index (χ1v) is 9.88. The molecule has 1 aliphatic carbocycles. The largest absolute Gasteiger partial charge is 0.455 e. The van der Waals surface area contributed by atoms with Gasteiger partial charge in [0, 0.05) is 16.5 Å². The molecule has 0 saturated heterocycles. The first-order chi connectivity index (χ1) is 12.6. The Morgan fingerprint density at radius 2 is 1.85 bits per heavy atom. The molecule has 4 nitrogen and oxygen atoms in total. The molecule has 1 N–H and O–H groups in total. The average molecular weight is 390 g/mol. The zero-order valence-electron chi connectivity index (χ0n) is 14.3. The third-order valence-electron chi connectivity index (χ3n) is 4.19. The Hall–Kier alpha value is -1.98. The Balaban J connectivity index is 1.35. The van der Waals surface area contributed by atoms with Crippen molar-refractivity contribution < 1.29 is 14.3 Å². The highest BCUT2D eigenvalue weighted by atomic mass is 35.5. The van der Waals surface area contributed by atoms with Gasteiger partial charge in [0.15, 0.2) is 6.61 Å². The van der Waals surface area contributed by atoms with Crippen LogP contribution in [0.25, 0.3) is 0 Å². The maximum atomic E-state index is 11.8. The van der Waals surface area contributed by atoms with Crippen molar-refractivity contribution in [2.75, 3.05) is 12.4 Å². The molecule has 2 aromatic rings. The predicted octanol–water partition coefficient (Wildman–Crippen LogP) is 3.78. The van der Waals surface area contributed by atoms with E-state index in [-0.39, 0.29) is 18.3 Å². The lowest BCUT2D eigenvalue weighted by Crippen LogP contribution is -2.28. The normalized spacial score (nSPS) is 12.5. The zero-order valence-corrected chi connectivity index (χ0v) is 15.9. The summed E-state index contributed by atoms with van der Waals surface area (Å²) in [7, 11) is 0. The molecule has 136 valence electrons. The van der Waals surface area contributed by atoms with Crippen LogP contribution in [0.15, 0.2) is 47.4 Å². The maximum Gasteiger partial charge on any atom is 0.316 e. The van der Waals surface area contributed by atoms with Crippen LogP contribution in [0, 0.1) is 0 Å². The predicted molar refractivity (Wildman–Crippen MR) is 103 cm³/mol. The molecule has 26 heavy (non-hydrogen) atoms. The number of benzene rings is 2. The highest BCUT2D eigenvalue weighted by Gasteiger charge is 2.12. The second-order valence-corrected chi connectivity index (χ2v) is 7.62. The Bertz CT molecular complexity index is 792. The van der Waals surface area contributed by atoms with Gasteiger partial charge in [-0.25, -0.2) is 0 Å². The molecule has 1 aliphatic rings. The summed E-state index contributed by atoms with van der Waals surface area (Å²) >= 11 is 7.25. The van der Waals surface area contributed by atoms with Crippen molar-refractivity contribution in [1.29, 1.82) is 0 Å². The topological polar surface area (TPSA) is 55.4 Å². The molecule has 0 atom stereocenters. The van der Waals surface area contributed by atoms with Gasteiger partial charge in [0.05, 0.1) is 5.75 Å². The SMILES string of the molecule is O=C(COC(=O)CSc1ccc2c(c1)CCC2)NCc1ccc(Cl)cc1. The number of esters is 1. The van der Waals surface area contributed by atoms with E-state index >= 15 is 0 Å². The van der Waals surface area contributed by atoms with Crippen LogP contribution in [0.4, 0.5) is 0 Å². The highest BCUT2D eigenvalue weighted by molar-refractivity contribution is 8.00. The van der Waals surface area contributed by atoms with Crippen LogP contribution in [-0.4, -0.2) is 24.2 Å². The fraction of sp³-hybridized carbons (Fsp3) is 0.300. The lowest BCUT2D eigenvalue weighted by molar-refractivity contribution is -0.145. The van der Waals surface area contributed by atoms with Crippen LogP contribution in [0.2, 0.25) is 5.02 Å². The third kappa shape index (κ3) is 5.51.